The fraction of sp³-hybridized carbons (Fsp3) is 0.538. The van der Waals surface area contributed by atoms with Gasteiger partial charge in [-0.1, -0.05) is 12.1 Å². The number of nitrogens with one attached hydrogen (secondary N) is 1. The monoisotopic (exact) mass is 221 g/mol. The van der Waals surface area contributed by atoms with Crippen LogP contribution in [-0.4, -0.2) is 31.4 Å². The molecule has 88 valence electrons. The van der Waals surface area contributed by atoms with Gasteiger partial charge in [0.05, 0.1) is 6.61 Å². The zero-order chi connectivity index (χ0) is 11.2. The minimum atomic E-state index is 0.202. The lowest BCUT2D eigenvalue weighted by atomic mass is 10.1. The number of aliphatic hydroxyl groups is 1. The van der Waals surface area contributed by atoms with Crippen LogP contribution in [0.4, 0.5) is 0 Å². The number of rotatable bonds is 5. The van der Waals surface area contributed by atoms with Crippen molar-refractivity contribution in [2.45, 2.75) is 12.8 Å². The molecular weight excluding hydrogens is 202 g/mol. The zero-order valence-electron chi connectivity index (χ0n) is 9.48. The number of hydrogen-bond acceptors (Lipinski definition) is 3. The second kappa shape index (κ2) is 5.87. The number of hydrogen-bond donors (Lipinski definition) is 2. The van der Waals surface area contributed by atoms with Gasteiger partial charge in [-0.15, -0.1) is 0 Å². The minimum absolute atomic E-state index is 0.202. The van der Waals surface area contributed by atoms with Crippen molar-refractivity contribution in [1.29, 1.82) is 0 Å². The first-order chi connectivity index (χ1) is 7.88. The van der Waals surface area contributed by atoms with Gasteiger partial charge in [0.2, 0.25) is 0 Å². The van der Waals surface area contributed by atoms with E-state index in [1.807, 2.05) is 24.3 Å². The van der Waals surface area contributed by atoms with Crippen LogP contribution < -0.4 is 10.1 Å². The Labute approximate surface area is 96.4 Å². The number of benzene rings is 1. The lowest BCUT2D eigenvalue weighted by Crippen LogP contribution is -2.15. The van der Waals surface area contributed by atoms with Gasteiger partial charge in [0.1, 0.15) is 5.75 Å². The average Bonchev–Trinajstić information content (AvgIpc) is 2.82. The zero-order valence-corrected chi connectivity index (χ0v) is 9.48. The molecule has 0 aliphatic carbocycles. The van der Waals surface area contributed by atoms with Gasteiger partial charge in [0.25, 0.3) is 0 Å². The molecule has 1 aromatic rings. The van der Waals surface area contributed by atoms with E-state index in [1.54, 1.807) is 0 Å². The fourth-order valence-corrected chi connectivity index (χ4v) is 1.95. The third kappa shape index (κ3) is 3.22. The predicted molar refractivity (Wildman–Crippen MR) is 63.7 cm³/mol. The molecule has 1 unspecified atom stereocenters. The molecule has 0 aromatic heterocycles. The van der Waals surface area contributed by atoms with Crippen molar-refractivity contribution < 1.29 is 9.84 Å². The molecule has 0 amide bonds. The number of ether oxygens (including phenoxy) is 1. The van der Waals surface area contributed by atoms with Gasteiger partial charge < -0.3 is 15.2 Å². The van der Waals surface area contributed by atoms with E-state index in [9.17, 15) is 0 Å². The van der Waals surface area contributed by atoms with E-state index in [4.69, 9.17) is 9.84 Å². The smallest absolute Gasteiger partial charge is 0.119 e. The van der Waals surface area contributed by atoms with Gasteiger partial charge in [0.15, 0.2) is 0 Å². The maximum absolute atomic E-state index is 8.80. The van der Waals surface area contributed by atoms with Gasteiger partial charge >= 0.3 is 0 Å². The van der Waals surface area contributed by atoms with E-state index in [0.29, 0.717) is 12.3 Å². The molecule has 1 saturated heterocycles. The molecule has 1 aromatic carbocycles. The van der Waals surface area contributed by atoms with Gasteiger partial charge in [-0.2, -0.15) is 0 Å². The van der Waals surface area contributed by atoms with Crippen molar-refractivity contribution in [2.24, 2.45) is 5.92 Å². The molecule has 16 heavy (non-hydrogen) atoms. The first-order valence-electron chi connectivity index (χ1n) is 5.92. The molecule has 3 nitrogen and oxygen atoms in total. The van der Waals surface area contributed by atoms with Crippen LogP contribution >= 0.6 is 0 Å². The molecule has 2 N–H and O–H groups in total. The second-order valence-electron chi connectivity index (χ2n) is 4.29. The summed E-state index contributed by atoms with van der Waals surface area (Å²) in [6.45, 7) is 3.19. The van der Waals surface area contributed by atoms with Gasteiger partial charge in [-0.05, 0) is 37.1 Å². The minimum Gasteiger partial charge on any atom is -0.493 e. The SMILES string of the molecule is OCCc1ccc(OCC2CCNC2)cc1. The number of aliphatic hydroxyl groups excluding tert-OH is 1. The highest BCUT2D eigenvalue weighted by Crippen LogP contribution is 2.15. The van der Waals surface area contributed by atoms with Crippen LogP contribution in [0.15, 0.2) is 24.3 Å². The predicted octanol–water partition coefficient (Wildman–Crippen LogP) is 1.21. The van der Waals surface area contributed by atoms with Crippen molar-refractivity contribution in [3.05, 3.63) is 29.8 Å². The molecule has 0 saturated carbocycles. The third-order valence-electron chi connectivity index (χ3n) is 2.97. The Morgan fingerprint density at radius 1 is 1.31 bits per heavy atom. The van der Waals surface area contributed by atoms with Crippen LogP contribution in [0.25, 0.3) is 0 Å². The summed E-state index contributed by atoms with van der Waals surface area (Å²) < 4.78 is 5.72. The third-order valence-corrected chi connectivity index (χ3v) is 2.97. The van der Waals surface area contributed by atoms with E-state index in [2.05, 4.69) is 5.32 Å². The molecule has 0 radical (unpaired) electrons. The summed E-state index contributed by atoms with van der Waals surface area (Å²) in [5, 5.41) is 12.1. The largest absolute Gasteiger partial charge is 0.493 e. The van der Waals surface area contributed by atoms with E-state index in [1.165, 1.54) is 6.42 Å². The van der Waals surface area contributed by atoms with Gasteiger partial charge in [-0.3, -0.25) is 0 Å². The molecule has 0 spiro atoms. The van der Waals surface area contributed by atoms with Crippen molar-refractivity contribution in [3.8, 4) is 5.75 Å². The molecule has 2 rings (SSSR count). The molecule has 1 fully saturated rings. The molecular formula is C13H19NO2. The first-order valence-corrected chi connectivity index (χ1v) is 5.92. The average molecular weight is 221 g/mol. The summed E-state index contributed by atoms with van der Waals surface area (Å²) in [5.41, 5.74) is 1.15. The lowest BCUT2D eigenvalue weighted by molar-refractivity contribution is 0.260. The quantitative estimate of drug-likeness (QED) is 0.785. The maximum atomic E-state index is 8.80. The van der Waals surface area contributed by atoms with Crippen LogP contribution in [0.3, 0.4) is 0 Å². The van der Waals surface area contributed by atoms with Crippen molar-refractivity contribution in [3.63, 3.8) is 0 Å². The summed E-state index contributed by atoms with van der Waals surface area (Å²) in [5.74, 6) is 1.57. The van der Waals surface area contributed by atoms with Crippen molar-refractivity contribution in [2.75, 3.05) is 26.3 Å². The second-order valence-corrected chi connectivity index (χ2v) is 4.29. The van der Waals surface area contributed by atoms with Crippen LogP contribution in [0.1, 0.15) is 12.0 Å². The normalized spacial score (nSPS) is 19.9. The van der Waals surface area contributed by atoms with Crippen LogP contribution in [0, 0.1) is 5.92 Å². The molecule has 1 aliphatic heterocycles. The van der Waals surface area contributed by atoms with Gasteiger partial charge in [-0.25, -0.2) is 0 Å². The lowest BCUT2D eigenvalue weighted by Gasteiger charge is -2.11. The molecule has 0 bridgehead atoms. The standard InChI is InChI=1S/C13H19NO2/c15-8-6-11-1-3-13(4-2-11)16-10-12-5-7-14-9-12/h1-4,12,14-15H,5-10H2. The fourth-order valence-electron chi connectivity index (χ4n) is 1.95. The summed E-state index contributed by atoms with van der Waals surface area (Å²) in [4.78, 5) is 0. The Balaban J connectivity index is 1.80. The highest BCUT2D eigenvalue weighted by atomic mass is 16.5. The summed E-state index contributed by atoms with van der Waals surface area (Å²) in [6, 6.07) is 7.98. The topological polar surface area (TPSA) is 41.5 Å². The highest BCUT2D eigenvalue weighted by Gasteiger charge is 2.14. The van der Waals surface area contributed by atoms with E-state index >= 15 is 0 Å². The molecule has 1 heterocycles. The van der Waals surface area contributed by atoms with E-state index in [-0.39, 0.29) is 6.61 Å². The van der Waals surface area contributed by atoms with Crippen molar-refractivity contribution >= 4 is 0 Å². The Morgan fingerprint density at radius 3 is 2.75 bits per heavy atom. The first kappa shape index (κ1) is 11.4. The van der Waals surface area contributed by atoms with Crippen LogP contribution in [-0.2, 0) is 6.42 Å². The Hall–Kier alpha value is -1.06. The molecule has 3 heteroatoms. The Kier molecular flexibility index (Phi) is 4.19. The van der Waals surface area contributed by atoms with E-state index < -0.39 is 0 Å². The summed E-state index contributed by atoms with van der Waals surface area (Å²) in [7, 11) is 0. The highest BCUT2D eigenvalue weighted by molar-refractivity contribution is 5.27. The Bertz CT molecular complexity index is 304. The molecule has 1 atom stereocenters. The summed E-state index contributed by atoms with van der Waals surface area (Å²) >= 11 is 0. The van der Waals surface area contributed by atoms with Crippen LogP contribution in [0.5, 0.6) is 5.75 Å². The van der Waals surface area contributed by atoms with E-state index in [0.717, 1.165) is 31.0 Å². The van der Waals surface area contributed by atoms with Crippen molar-refractivity contribution in [1.82, 2.24) is 5.32 Å². The summed E-state index contributed by atoms with van der Waals surface area (Å²) in [6.07, 6.45) is 1.93. The Morgan fingerprint density at radius 2 is 2.12 bits per heavy atom. The maximum Gasteiger partial charge on any atom is 0.119 e. The molecule has 1 aliphatic rings. The van der Waals surface area contributed by atoms with Gasteiger partial charge in [0, 0.05) is 19.1 Å². The van der Waals surface area contributed by atoms with Crippen LogP contribution in [0.2, 0.25) is 0 Å².